The van der Waals surface area contributed by atoms with Crippen LogP contribution in [0.15, 0.2) is 48.5 Å². The minimum absolute atomic E-state index is 0.597. The molecule has 1 unspecified atom stereocenters. The zero-order chi connectivity index (χ0) is 15.2. The predicted molar refractivity (Wildman–Crippen MR) is 96.7 cm³/mol. The second-order valence-electron chi connectivity index (χ2n) is 5.95. The number of benzene rings is 2. The summed E-state index contributed by atoms with van der Waals surface area (Å²) in [5.74, 6) is 1.20. The molecule has 2 heteroatoms. The average molecular weight is 366 g/mol. The topological polar surface area (TPSA) is 0 Å². The molecule has 2 aromatic rings. The van der Waals surface area contributed by atoms with Crippen molar-refractivity contribution in [3.8, 4) is 0 Å². The van der Waals surface area contributed by atoms with Crippen molar-refractivity contribution in [2.75, 3.05) is 5.33 Å². The third kappa shape index (κ3) is 5.16. The quantitative estimate of drug-likeness (QED) is 0.530. The molecular weight excluding hydrogens is 344 g/mol. The summed E-state index contributed by atoms with van der Waals surface area (Å²) in [5.41, 5.74) is 4.17. The molecule has 0 aliphatic rings. The highest BCUT2D eigenvalue weighted by atomic mass is 79.9. The van der Waals surface area contributed by atoms with Gasteiger partial charge >= 0.3 is 0 Å². The van der Waals surface area contributed by atoms with E-state index in [1.165, 1.54) is 16.7 Å². The molecule has 0 radical (unpaired) electrons. The molecule has 0 aromatic heterocycles. The van der Waals surface area contributed by atoms with Crippen LogP contribution in [0, 0.1) is 5.92 Å². The van der Waals surface area contributed by atoms with E-state index in [9.17, 15) is 0 Å². The highest BCUT2D eigenvalue weighted by molar-refractivity contribution is 9.09. The fraction of sp³-hybridized carbons (Fsp3) is 0.368. The van der Waals surface area contributed by atoms with Crippen molar-refractivity contribution < 1.29 is 0 Å². The van der Waals surface area contributed by atoms with Gasteiger partial charge in [-0.3, -0.25) is 0 Å². The fourth-order valence-electron chi connectivity index (χ4n) is 2.51. The number of hydrogen-bond acceptors (Lipinski definition) is 0. The van der Waals surface area contributed by atoms with Crippen LogP contribution in [0.25, 0.3) is 0 Å². The number of hydrogen-bond donors (Lipinski definition) is 0. The lowest BCUT2D eigenvalue weighted by molar-refractivity contribution is 0.591. The molecule has 0 aliphatic carbocycles. The minimum atomic E-state index is 0.597. The largest absolute Gasteiger partial charge is 0.0925 e. The smallest absolute Gasteiger partial charge is 0.0406 e. The van der Waals surface area contributed by atoms with E-state index in [4.69, 9.17) is 11.6 Å². The lowest BCUT2D eigenvalue weighted by Gasteiger charge is -2.15. The second-order valence-corrected chi connectivity index (χ2v) is 7.04. The van der Waals surface area contributed by atoms with Crippen molar-refractivity contribution in [1.29, 1.82) is 0 Å². The molecule has 0 heterocycles. The first-order valence-corrected chi connectivity index (χ1v) is 8.97. The SMILES string of the molecule is CC(C)c1ccc(CC(CBr)Cc2ccc(Cl)cc2)cc1. The molecule has 2 rings (SSSR count). The molecule has 0 saturated carbocycles. The van der Waals surface area contributed by atoms with Gasteiger partial charge in [0.05, 0.1) is 0 Å². The van der Waals surface area contributed by atoms with Gasteiger partial charge in [0.1, 0.15) is 0 Å². The van der Waals surface area contributed by atoms with Crippen LogP contribution < -0.4 is 0 Å². The van der Waals surface area contributed by atoms with Crippen molar-refractivity contribution in [2.45, 2.75) is 32.6 Å². The standard InChI is InChI=1S/C19H22BrCl/c1-14(2)18-7-3-15(4-8-18)11-17(13-20)12-16-5-9-19(21)10-6-16/h3-10,14,17H,11-13H2,1-2H3. The molecule has 21 heavy (non-hydrogen) atoms. The van der Waals surface area contributed by atoms with E-state index in [1.54, 1.807) is 0 Å². The Labute approximate surface area is 141 Å². The molecule has 0 spiro atoms. The zero-order valence-corrected chi connectivity index (χ0v) is 15.0. The molecule has 0 bridgehead atoms. The van der Waals surface area contributed by atoms with Crippen LogP contribution in [-0.2, 0) is 12.8 Å². The molecule has 0 amide bonds. The van der Waals surface area contributed by atoms with E-state index in [2.05, 4.69) is 66.2 Å². The van der Waals surface area contributed by atoms with Gasteiger partial charge in [-0.05, 0) is 53.5 Å². The van der Waals surface area contributed by atoms with Gasteiger partial charge in [0.25, 0.3) is 0 Å². The molecule has 2 aromatic carbocycles. The second kappa shape index (κ2) is 8.00. The summed E-state index contributed by atoms with van der Waals surface area (Å²) in [6.45, 7) is 4.47. The van der Waals surface area contributed by atoms with Crippen LogP contribution in [0.4, 0.5) is 0 Å². The monoisotopic (exact) mass is 364 g/mol. The molecule has 0 nitrogen and oxygen atoms in total. The maximum Gasteiger partial charge on any atom is 0.0406 e. The Balaban J connectivity index is 1.99. The van der Waals surface area contributed by atoms with Gasteiger partial charge in [-0.25, -0.2) is 0 Å². The first kappa shape index (κ1) is 16.6. The van der Waals surface area contributed by atoms with Crippen LogP contribution in [0.2, 0.25) is 5.02 Å². The number of rotatable bonds is 6. The number of halogens is 2. The Hall–Kier alpha value is -0.790. The van der Waals surface area contributed by atoms with Gasteiger partial charge in [0, 0.05) is 10.4 Å². The average Bonchev–Trinajstić information content (AvgIpc) is 2.49. The maximum atomic E-state index is 5.94. The van der Waals surface area contributed by atoms with Crippen molar-refractivity contribution in [2.24, 2.45) is 5.92 Å². The summed E-state index contributed by atoms with van der Waals surface area (Å²) >= 11 is 9.60. The van der Waals surface area contributed by atoms with Crippen molar-refractivity contribution in [3.63, 3.8) is 0 Å². The van der Waals surface area contributed by atoms with Gasteiger partial charge in [-0.15, -0.1) is 0 Å². The Bertz CT molecular complexity index is 543. The van der Waals surface area contributed by atoms with Crippen LogP contribution in [0.3, 0.4) is 0 Å². The van der Waals surface area contributed by atoms with Crippen LogP contribution in [0.5, 0.6) is 0 Å². The van der Waals surface area contributed by atoms with Gasteiger partial charge in [0.2, 0.25) is 0 Å². The predicted octanol–water partition coefficient (Wildman–Crippen LogP) is 6.26. The Morgan fingerprint density at radius 3 is 1.76 bits per heavy atom. The Kier molecular flexibility index (Phi) is 6.32. The lowest BCUT2D eigenvalue weighted by Crippen LogP contribution is -2.10. The lowest BCUT2D eigenvalue weighted by atomic mass is 9.93. The van der Waals surface area contributed by atoms with Crippen molar-refractivity contribution >= 4 is 27.5 Å². The van der Waals surface area contributed by atoms with E-state index in [0.29, 0.717) is 11.8 Å². The first-order chi connectivity index (χ1) is 10.1. The molecule has 112 valence electrons. The number of alkyl halides is 1. The third-order valence-electron chi connectivity index (χ3n) is 3.83. The molecule has 1 atom stereocenters. The highest BCUT2D eigenvalue weighted by Crippen LogP contribution is 2.20. The molecule has 0 saturated heterocycles. The minimum Gasteiger partial charge on any atom is -0.0925 e. The zero-order valence-electron chi connectivity index (χ0n) is 12.7. The normalized spacial score (nSPS) is 12.6. The van der Waals surface area contributed by atoms with E-state index in [0.717, 1.165) is 23.2 Å². The molecule has 0 fully saturated rings. The Morgan fingerprint density at radius 2 is 1.33 bits per heavy atom. The highest BCUT2D eigenvalue weighted by Gasteiger charge is 2.10. The summed E-state index contributed by atoms with van der Waals surface area (Å²) < 4.78 is 0. The summed E-state index contributed by atoms with van der Waals surface area (Å²) in [5, 5.41) is 1.82. The molecule has 0 aliphatic heterocycles. The van der Waals surface area contributed by atoms with Gasteiger partial charge in [0.15, 0.2) is 0 Å². The van der Waals surface area contributed by atoms with Gasteiger partial charge < -0.3 is 0 Å². The van der Waals surface area contributed by atoms with Crippen LogP contribution >= 0.6 is 27.5 Å². The summed E-state index contributed by atoms with van der Waals surface area (Å²) in [6.07, 6.45) is 2.18. The first-order valence-electron chi connectivity index (χ1n) is 7.47. The Morgan fingerprint density at radius 1 is 0.857 bits per heavy atom. The van der Waals surface area contributed by atoms with Gasteiger partial charge in [-0.1, -0.05) is 77.8 Å². The molecular formula is C19H22BrCl. The molecule has 0 N–H and O–H groups in total. The van der Waals surface area contributed by atoms with E-state index in [1.807, 2.05) is 12.1 Å². The van der Waals surface area contributed by atoms with E-state index >= 15 is 0 Å². The maximum absolute atomic E-state index is 5.94. The van der Waals surface area contributed by atoms with E-state index < -0.39 is 0 Å². The van der Waals surface area contributed by atoms with Crippen molar-refractivity contribution in [1.82, 2.24) is 0 Å². The third-order valence-corrected chi connectivity index (χ3v) is 4.99. The van der Waals surface area contributed by atoms with Gasteiger partial charge in [-0.2, -0.15) is 0 Å². The fourth-order valence-corrected chi connectivity index (χ4v) is 3.09. The summed E-state index contributed by atoms with van der Waals surface area (Å²) in [4.78, 5) is 0. The van der Waals surface area contributed by atoms with Crippen LogP contribution in [0.1, 0.15) is 36.5 Å². The van der Waals surface area contributed by atoms with E-state index in [-0.39, 0.29) is 0 Å². The van der Waals surface area contributed by atoms with Crippen molar-refractivity contribution in [3.05, 3.63) is 70.2 Å². The summed E-state index contributed by atoms with van der Waals surface area (Å²) in [7, 11) is 0. The summed E-state index contributed by atoms with van der Waals surface area (Å²) in [6, 6.07) is 17.2. The van der Waals surface area contributed by atoms with Crippen LogP contribution in [-0.4, -0.2) is 5.33 Å².